The van der Waals surface area contributed by atoms with Crippen molar-refractivity contribution >= 4 is 17.6 Å². The van der Waals surface area contributed by atoms with E-state index in [2.05, 4.69) is 14.8 Å². The standard InChI is InChI=1S/C13H12F3NO5/c1-21-11(19)9(12(20)22-7-13(14,15)16)10(18)17-8-5-3-2-4-6-8/h2-6,19H,7H2,1H3,(H,17,18)/b11-9-. The fourth-order valence-electron chi connectivity index (χ4n) is 1.31. The molecule has 6 nitrogen and oxygen atoms in total. The third kappa shape index (κ3) is 5.35. The van der Waals surface area contributed by atoms with Crippen LogP contribution >= 0.6 is 0 Å². The Morgan fingerprint density at radius 3 is 2.32 bits per heavy atom. The largest absolute Gasteiger partial charge is 0.480 e. The van der Waals surface area contributed by atoms with Gasteiger partial charge < -0.3 is 19.9 Å². The molecule has 0 radical (unpaired) electrons. The number of amides is 1. The first-order chi connectivity index (χ1) is 10.2. The van der Waals surface area contributed by atoms with Crippen LogP contribution in [-0.2, 0) is 19.1 Å². The summed E-state index contributed by atoms with van der Waals surface area (Å²) >= 11 is 0. The van der Waals surface area contributed by atoms with E-state index >= 15 is 0 Å². The number of aliphatic hydroxyl groups excluding tert-OH is 1. The Labute approximate surface area is 123 Å². The minimum Gasteiger partial charge on any atom is -0.480 e. The van der Waals surface area contributed by atoms with E-state index in [0.717, 1.165) is 7.11 Å². The minimum absolute atomic E-state index is 0.262. The molecular weight excluding hydrogens is 307 g/mol. The molecule has 1 rings (SSSR count). The van der Waals surface area contributed by atoms with Crippen molar-refractivity contribution in [3.8, 4) is 0 Å². The highest BCUT2D eigenvalue weighted by Gasteiger charge is 2.33. The maximum Gasteiger partial charge on any atom is 0.422 e. The van der Waals surface area contributed by atoms with E-state index in [9.17, 15) is 27.9 Å². The van der Waals surface area contributed by atoms with Crippen LogP contribution in [0.5, 0.6) is 0 Å². The van der Waals surface area contributed by atoms with Gasteiger partial charge in [0, 0.05) is 5.69 Å². The molecule has 0 unspecified atom stereocenters. The molecule has 0 fully saturated rings. The minimum atomic E-state index is -4.76. The number of anilines is 1. The summed E-state index contributed by atoms with van der Waals surface area (Å²) in [4.78, 5) is 23.4. The van der Waals surface area contributed by atoms with Crippen LogP contribution in [0, 0.1) is 0 Å². The first kappa shape index (κ1) is 17.3. The van der Waals surface area contributed by atoms with E-state index in [4.69, 9.17) is 0 Å². The van der Waals surface area contributed by atoms with Crippen molar-refractivity contribution in [2.45, 2.75) is 6.18 Å². The number of carbonyl (C=O) groups is 2. The Balaban J connectivity index is 2.90. The molecule has 2 N–H and O–H groups in total. The fraction of sp³-hybridized carbons (Fsp3) is 0.231. The van der Waals surface area contributed by atoms with Gasteiger partial charge in [-0.2, -0.15) is 13.2 Å². The van der Waals surface area contributed by atoms with Crippen molar-refractivity contribution in [2.24, 2.45) is 0 Å². The van der Waals surface area contributed by atoms with Gasteiger partial charge in [-0.1, -0.05) is 18.2 Å². The Morgan fingerprint density at radius 1 is 1.23 bits per heavy atom. The van der Waals surface area contributed by atoms with Crippen LogP contribution in [0.2, 0.25) is 0 Å². The third-order valence-corrected chi connectivity index (χ3v) is 2.24. The summed E-state index contributed by atoms with van der Waals surface area (Å²) in [7, 11) is 0.933. The van der Waals surface area contributed by atoms with E-state index < -0.39 is 36.2 Å². The number of rotatable bonds is 5. The van der Waals surface area contributed by atoms with Gasteiger partial charge in [0.25, 0.3) is 11.9 Å². The monoisotopic (exact) mass is 319 g/mol. The van der Waals surface area contributed by atoms with Crippen molar-refractivity contribution in [3.63, 3.8) is 0 Å². The summed E-state index contributed by atoms with van der Waals surface area (Å²) in [5.74, 6) is -3.98. The summed E-state index contributed by atoms with van der Waals surface area (Å²) in [5, 5.41) is 11.6. The van der Waals surface area contributed by atoms with E-state index in [1.54, 1.807) is 18.2 Å². The number of halogens is 3. The second kappa shape index (κ2) is 7.34. The lowest BCUT2D eigenvalue weighted by Gasteiger charge is -2.11. The SMILES string of the molecule is CO/C(O)=C(/C(=O)Nc1ccccc1)C(=O)OCC(F)(F)F. The Kier molecular flexibility index (Phi) is 5.79. The normalized spacial score (nSPS) is 12.2. The Bertz CT molecular complexity index is 569. The van der Waals surface area contributed by atoms with Crippen LogP contribution in [0.15, 0.2) is 41.9 Å². The van der Waals surface area contributed by atoms with Crippen LogP contribution in [-0.4, -0.2) is 36.9 Å². The molecule has 1 aromatic rings. The average molecular weight is 319 g/mol. The van der Waals surface area contributed by atoms with E-state index in [0.29, 0.717) is 0 Å². The fourth-order valence-corrected chi connectivity index (χ4v) is 1.31. The lowest BCUT2D eigenvalue weighted by Crippen LogP contribution is -2.28. The van der Waals surface area contributed by atoms with Crippen LogP contribution in [0.3, 0.4) is 0 Å². The summed E-state index contributed by atoms with van der Waals surface area (Å²) in [6.07, 6.45) is -4.76. The van der Waals surface area contributed by atoms with Gasteiger partial charge in [0.15, 0.2) is 6.61 Å². The van der Waals surface area contributed by atoms with Gasteiger partial charge in [0.2, 0.25) is 5.57 Å². The molecule has 22 heavy (non-hydrogen) atoms. The number of nitrogens with one attached hydrogen (secondary N) is 1. The molecule has 120 valence electrons. The zero-order chi connectivity index (χ0) is 16.8. The second-order valence-electron chi connectivity index (χ2n) is 3.90. The lowest BCUT2D eigenvalue weighted by molar-refractivity contribution is -0.184. The molecule has 0 aromatic heterocycles. The van der Waals surface area contributed by atoms with Gasteiger partial charge in [-0.15, -0.1) is 0 Å². The van der Waals surface area contributed by atoms with Crippen LogP contribution < -0.4 is 5.32 Å². The molecule has 0 bridgehead atoms. The number of benzene rings is 1. The Hall–Kier alpha value is -2.71. The first-order valence-electron chi connectivity index (χ1n) is 5.82. The van der Waals surface area contributed by atoms with Crippen LogP contribution in [0.4, 0.5) is 18.9 Å². The van der Waals surface area contributed by atoms with Crippen LogP contribution in [0.1, 0.15) is 0 Å². The lowest BCUT2D eigenvalue weighted by atomic mass is 10.2. The quantitative estimate of drug-likeness (QED) is 0.286. The number of methoxy groups -OCH3 is 1. The topological polar surface area (TPSA) is 84.9 Å². The first-order valence-corrected chi connectivity index (χ1v) is 5.82. The van der Waals surface area contributed by atoms with E-state index in [1.165, 1.54) is 12.1 Å². The molecule has 0 aliphatic heterocycles. The maximum atomic E-state index is 12.0. The molecule has 0 heterocycles. The smallest absolute Gasteiger partial charge is 0.422 e. The molecular formula is C13H12F3NO5. The molecule has 0 aliphatic rings. The molecule has 0 saturated carbocycles. The summed E-state index contributed by atoms with van der Waals surface area (Å²) in [6, 6.07) is 7.77. The van der Waals surface area contributed by atoms with Gasteiger partial charge in [-0.25, -0.2) is 4.79 Å². The maximum absolute atomic E-state index is 12.0. The number of para-hydroxylation sites is 1. The molecule has 0 atom stereocenters. The van der Waals surface area contributed by atoms with Crippen molar-refractivity contribution in [1.82, 2.24) is 0 Å². The van der Waals surface area contributed by atoms with Gasteiger partial charge in [0.05, 0.1) is 7.11 Å². The highest BCUT2D eigenvalue weighted by Crippen LogP contribution is 2.17. The van der Waals surface area contributed by atoms with Gasteiger partial charge in [-0.05, 0) is 12.1 Å². The Morgan fingerprint density at radius 2 is 1.82 bits per heavy atom. The second-order valence-corrected chi connectivity index (χ2v) is 3.90. The molecule has 1 aromatic carbocycles. The highest BCUT2D eigenvalue weighted by atomic mass is 19.4. The molecule has 0 aliphatic carbocycles. The van der Waals surface area contributed by atoms with Crippen molar-refractivity contribution < 1.29 is 37.3 Å². The van der Waals surface area contributed by atoms with E-state index in [1.807, 2.05) is 0 Å². The number of ether oxygens (including phenoxy) is 2. The zero-order valence-electron chi connectivity index (χ0n) is 11.3. The summed E-state index contributed by atoms with van der Waals surface area (Å²) in [5.41, 5.74) is -0.812. The number of alkyl halides is 3. The number of hydrogen-bond donors (Lipinski definition) is 2. The van der Waals surface area contributed by atoms with Crippen molar-refractivity contribution in [1.29, 1.82) is 0 Å². The predicted octanol–water partition coefficient (Wildman–Crippen LogP) is 2.15. The number of hydrogen-bond acceptors (Lipinski definition) is 5. The zero-order valence-corrected chi connectivity index (χ0v) is 11.3. The van der Waals surface area contributed by atoms with Crippen molar-refractivity contribution in [3.05, 3.63) is 41.9 Å². The summed E-state index contributed by atoms with van der Waals surface area (Å²) in [6.45, 7) is -1.90. The molecule has 0 saturated heterocycles. The molecule has 9 heteroatoms. The van der Waals surface area contributed by atoms with Gasteiger partial charge in [0.1, 0.15) is 0 Å². The van der Waals surface area contributed by atoms with Crippen LogP contribution in [0.25, 0.3) is 0 Å². The molecule has 0 spiro atoms. The van der Waals surface area contributed by atoms with Crippen molar-refractivity contribution in [2.75, 3.05) is 19.0 Å². The molecule has 1 amide bonds. The predicted molar refractivity (Wildman–Crippen MR) is 68.7 cm³/mol. The number of aliphatic hydroxyl groups is 1. The van der Waals surface area contributed by atoms with E-state index in [-0.39, 0.29) is 5.69 Å². The summed E-state index contributed by atoms with van der Waals surface area (Å²) < 4.78 is 44.3. The highest BCUT2D eigenvalue weighted by molar-refractivity contribution is 6.21. The average Bonchev–Trinajstić information content (AvgIpc) is 2.45. The number of carbonyl (C=O) groups excluding carboxylic acids is 2. The third-order valence-electron chi connectivity index (χ3n) is 2.24. The van der Waals surface area contributed by atoms with Gasteiger partial charge >= 0.3 is 12.1 Å². The van der Waals surface area contributed by atoms with Gasteiger partial charge in [-0.3, -0.25) is 4.79 Å². The number of esters is 1.